The van der Waals surface area contributed by atoms with Gasteiger partial charge in [-0.2, -0.15) is 4.98 Å². The Morgan fingerprint density at radius 1 is 1.12 bits per heavy atom. The summed E-state index contributed by atoms with van der Waals surface area (Å²) in [5.74, 6) is 1.08. The normalized spacial score (nSPS) is 14.5. The molecule has 32 heavy (non-hydrogen) atoms. The van der Waals surface area contributed by atoms with Crippen LogP contribution in [0.3, 0.4) is 0 Å². The smallest absolute Gasteiger partial charge is 0.224 e. The standard InChI is InChI=1S/C22H23Cl2FN4O3/c1-30-19-13-18-15(12-20(19)32-8-2-5-29-6-9-31-10-7-29)21(28-22(24)27-18)26-14-3-4-17(25)16(23)11-14/h3-4,11-13H,2,5-10H2,1H3,(H,26,27,28). The number of methoxy groups -OCH3 is 1. The van der Waals surface area contributed by atoms with Gasteiger partial charge in [-0.15, -0.1) is 0 Å². The van der Waals surface area contributed by atoms with Gasteiger partial charge in [-0.3, -0.25) is 4.90 Å². The number of anilines is 2. The Balaban J connectivity index is 1.55. The third-order valence-electron chi connectivity index (χ3n) is 5.12. The van der Waals surface area contributed by atoms with Gasteiger partial charge >= 0.3 is 0 Å². The number of morpholine rings is 1. The highest BCUT2D eigenvalue weighted by Gasteiger charge is 2.15. The Morgan fingerprint density at radius 3 is 2.69 bits per heavy atom. The lowest BCUT2D eigenvalue weighted by molar-refractivity contribution is 0.0357. The fourth-order valence-corrected chi connectivity index (χ4v) is 3.84. The Hall–Kier alpha value is -2.39. The van der Waals surface area contributed by atoms with E-state index in [0.717, 1.165) is 39.3 Å². The third-order valence-corrected chi connectivity index (χ3v) is 5.57. The largest absolute Gasteiger partial charge is 0.493 e. The van der Waals surface area contributed by atoms with Gasteiger partial charge in [0.15, 0.2) is 11.5 Å². The molecule has 1 aliphatic rings. The number of benzene rings is 2. The molecule has 2 heterocycles. The van der Waals surface area contributed by atoms with Crippen LogP contribution in [0.4, 0.5) is 15.9 Å². The van der Waals surface area contributed by atoms with Crippen molar-refractivity contribution in [1.82, 2.24) is 14.9 Å². The minimum atomic E-state index is -0.500. The van der Waals surface area contributed by atoms with E-state index in [-0.39, 0.29) is 10.3 Å². The van der Waals surface area contributed by atoms with E-state index in [1.54, 1.807) is 19.2 Å². The maximum Gasteiger partial charge on any atom is 0.224 e. The lowest BCUT2D eigenvalue weighted by atomic mass is 10.2. The van der Waals surface area contributed by atoms with Crippen LogP contribution in [0.2, 0.25) is 10.3 Å². The first-order valence-electron chi connectivity index (χ1n) is 10.2. The number of hydrogen-bond acceptors (Lipinski definition) is 7. The van der Waals surface area contributed by atoms with Gasteiger partial charge in [0.25, 0.3) is 0 Å². The van der Waals surface area contributed by atoms with E-state index >= 15 is 0 Å². The molecule has 1 N–H and O–H groups in total. The maximum atomic E-state index is 13.5. The summed E-state index contributed by atoms with van der Waals surface area (Å²) in [7, 11) is 1.57. The molecule has 0 spiro atoms. The molecular formula is C22H23Cl2FN4O3. The van der Waals surface area contributed by atoms with E-state index in [1.807, 2.05) is 6.07 Å². The highest BCUT2D eigenvalue weighted by molar-refractivity contribution is 6.31. The van der Waals surface area contributed by atoms with Crippen molar-refractivity contribution in [2.45, 2.75) is 6.42 Å². The molecule has 170 valence electrons. The van der Waals surface area contributed by atoms with E-state index in [9.17, 15) is 4.39 Å². The number of rotatable bonds is 8. The average Bonchev–Trinajstić information content (AvgIpc) is 2.79. The van der Waals surface area contributed by atoms with Crippen LogP contribution in [0.5, 0.6) is 11.5 Å². The molecule has 0 unspecified atom stereocenters. The van der Waals surface area contributed by atoms with E-state index in [2.05, 4.69) is 20.2 Å². The van der Waals surface area contributed by atoms with Crippen LogP contribution in [0.15, 0.2) is 30.3 Å². The minimum Gasteiger partial charge on any atom is -0.493 e. The molecule has 1 fully saturated rings. The fraction of sp³-hybridized carbons (Fsp3) is 0.364. The van der Waals surface area contributed by atoms with Gasteiger partial charge in [-0.25, -0.2) is 9.37 Å². The average molecular weight is 481 g/mol. The van der Waals surface area contributed by atoms with Crippen LogP contribution in [0.1, 0.15) is 6.42 Å². The first-order valence-corrected chi connectivity index (χ1v) is 11.0. The summed E-state index contributed by atoms with van der Waals surface area (Å²) in [5, 5.41) is 3.88. The zero-order valence-corrected chi connectivity index (χ0v) is 19.0. The predicted octanol–water partition coefficient (Wildman–Crippen LogP) is 4.93. The number of aromatic nitrogens is 2. The van der Waals surface area contributed by atoms with Crippen LogP contribution in [0.25, 0.3) is 10.9 Å². The molecule has 0 radical (unpaired) electrons. The lowest BCUT2D eigenvalue weighted by Crippen LogP contribution is -2.37. The second-order valence-corrected chi connectivity index (χ2v) is 8.02. The monoisotopic (exact) mass is 480 g/mol. The van der Waals surface area contributed by atoms with Crippen molar-refractivity contribution in [3.63, 3.8) is 0 Å². The first kappa shape index (κ1) is 22.8. The molecule has 3 aromatic rings. The van der Waals surface area contributed by atoms with Crippen molar-refractivity contribution in [3.8, 4) is 11.5 Å². The summed E-state index contributed by atoms with van der Waals surface area (Å²) < 4.78 is 30.4. The molecule has 1 saturated heterocycles. The quantitative estimate of drug-likeness (QED) is 0.362. The van der Waals surface area contributed by atoms with Crippen molar-refractivity contribution >= 4 is 45.6 Å². The Bertz CT molecular complexity index is 1100. The second-order valence-electron chi connectivity index (χ2n) is 7.27. The molecule has 1 aliphatic heterocycles. The number of nitrogens with zero attached hydrogens (tertiary/aromatic N) is 3. The van der Waals surface area contributed by atoms with Crippen molar-refractivity contribution in [1.29, 1.82) is 0 Å². The minimum absolute atomic E-state index is 0.00502. The second kappa shape index (κ2) is 10.5. The molecule has 2 aromatic carbocycles. The van der Waals surface area contributed by atoms with Gasteiger partial charge < -0.3 is 19.5 Å². The zero-order valence-electron chi connectivity index (χ0n) is 17.5. The molecule has 0 aliphatic carbocycles. The molecule has 0 atom stereocenters. The summed E-state index contributed by atoms with van der Waals surface area (Å²) in [5.41, 5.74) is 1.15. The predicted molar refractivity (Wildman–Crippen MR) is 123 cm³/mol. The van der Waals surface area contributed by atoms with E-state index in [0.29, 0.717) is 40.5 Å². The first-order chi connectivity index (χ1) is 15.5. The lowest BCUT2D eigenvalue weighted by Gasteiger charge is -2.26. The summed E-state index contributed by atoms with van der Waals surface area (Å²) >= 11 is 12.0. The topological polar surface area (TPSA) is 68.7 Å². The van der Waals surface area contributed by atoms with Gasteiger partial charge in [0.1, 0.15) is 11.6 Å². The molecule has 0 saturated carbocycles. The summed E-state index contributed by atoms with van der Waals surface area (Å²) in [6.45, 7) is 4.91. The Labute approximate surface area is 195 Å². The fourth-order valence-electron chi connectivity index (χ4n) is 3.48. The molecule has 7 nitrogen and oxygen atoms in total. The van der Waals surface area contributed by atoms with Crippen molar-refractivity contribution in [3.05, 3.63) is 46.5 Å². The SMILES string of the molecule is COc1cc2nc(Cl)nc(Nc3ccc(F)c(Cl)c3)c2cc1OCCCN1CCOCC1. The number of halogens is 3. The summed E-state index contributed by atoms with van der Waals surface area (Å²) in [6.07, 6.45) is 0.873. The Kier molecular flexibility index (Phi) is 7.47. The molecular weight excluding hydrogens is 458 g/mol. The number of ether oxygens (including phenoxy) is 3. The van der Waals surface area contributed by atoms with Crippen LogP contribution < -0.4 is 14.8 Å². The molecule has 1 aromatic heterocycles. The number of nitrogens with one attached hydrogen (secondary N) is 1. The molecule has 0 bridgehead atoms. The van der Waals surface area contributed by atoms with E-state index in [4.69, 9.17) is 37.4 Å². The van der Waals surface area contributed by atoms with Gasteiger partial charge in [0.05, 0.1) is 37.5 Å². The maximum absolute atomic E-state index is 13.5. The van der Waals surface area contributed by atoms with Gasteiger partial charge in [-0.05, 0) is 42.3 Å². The Morgan fingerprint density at radius 2 is 1.94 bits per heavy atom. The van der Waals surface area contributed by atoms with Crippen molar-refractivity contribution in [2.24, 2.45) is 0 Å². The van der Waals surface area contributed by atoms with Crippen LogP contribution in [-0.4, -0.2) is 61.4 Å². The molecule has 4 rings (SSSR count). The van der Waals surface area contributed by atoms with Crippen molar-refractivity contribution in [2.75, 3.05) is 51.9 Å². The van der Waals surface area contributed by atoms with Crippen LogP contribution in [0, 0.1) is 5.82 Å². The van der Waals surface area contributed by atoms with E-state index < -0.39 is 5.82 Å². The molecule has 0 amide bonds. The molecule has 10 heteroatoms. The summed E-state index contributed by atoms with van der Waals surface area (Å²) in [4.78, 5) is 10.9. The van der Waals surface area contributed by atoms with Crippen molar-refractivity contribution < 1.29 is 18.6 Å². The highest BCUT2D eigenvalue weighted by atomic mass is 35.5. The van der Waals surface area contributed by atoms with E-state index in [1.165, 1.54) is 12.1 Å². The van der Waals surface area contributed by atoms with Gasteiger partial charge in [-0.1, -0.05) is 11.6 Å². The van der Waals surface area contributed by atoms with Gasteiger partial charge in [0, 0.05) is 36.8 Å². The number of fused-ring (bicyclic) bond motifs is 1. The third kappa shape index (κ3) is 5.50. The van der Waals surface area contributed by atoms with Crippen LogP contribution in [-0.2, 0) is 4.74 Å². The zero-order chi connectivity index (χ0) is 22.5. The van der Waals surface area contributed by atoms with Gasteiger partial charge in [0.2, 0.25) is 5.28 Å². The highest BCUT2D eigenvalue weighted by Crippen LogP contribution is 2.36. The number of hydrogen-bond donors (Lipinski definition) is 1. The van der Waals surface area contributed by atoms with Crippen LogP contribution >= 0.6 is 23.2 Å². The summed E-state index contributed by atoms with van der Waals surface area (Å²) in [6, 6.07) is 7.89.